The van der Waals surface area contributed by atoms with Crippen LogP contribution in [0.25, 0.3) is 0 Å². The maximum absolute atomic E-state index is 5.35. The summed E-state index contributed by atoms with van der Waals surface area (Å²) < 4.78 is 5.35. The standard InChI is InChI=1S/C14H20N2O/c1-4-15-5-2-13(1)7-12(8-13)16-6-3-14(9-16)10-17-11-14/h1,3-4,6,12,15H,2,5,7-11H2. The molecular weight excluding hydrogens is 212 g/mol. The summed E-state index contributed by atoms with van der Waals surface area (Å²) in [5.74, 6) is 0. The molecule has 2 fully saturated rings. The second kappa shape index (κ2) is 3.29. The predicted molar refractivity (Wildman–Crippen MR) is 66.3 cm³/mol. The highest BCUT2D eigenvalue weighted by Gasteiger charge is 2.49. The number of nitrogens with zero attached hydrogens (tertiary/aromatic N) is 1. The molecule has 0 bridgehead atoms. The summed E-state index contributed by atoms with van der Waals surface area (Å²) in [5.41, 5.74) is 0.905. The molecular formula is C14H20N2O. The van der Waals surface area contributed by atoms with Crippen LogP contribution >= 0.6 is 0 Å². The predicted octanol–water partition coefficient (Wildman–Crippen LogP) is 1.49. The number of nitrogens with one attached hydrogen (secondary N) is 1. The molecule has 0 aromatic carbocycles. The molecule has 4 aliphatic rings. The highest BCUT2D eigenvalue weighted by Crippen LogP contribution is 2.50. The summed E-state index contributed by atoms with van der Waals surface area (Å²) in [6.07, 6.45) is 13.2. The van der Waals surface area contributed by atoms with Gasteiger partial charge in [0.25, 0.3) is 0 Å². The molecule has 0 radical (unpaired) electrons. The van der Waals surface area contributed by atoms with Gasteiger partial charge < -0.3 is 15.0 Å². The summed E-state index contributed by atoms with van der Waals surface area (Å²) in [6.45, 7) is 4.20. The summed E-state index contributed by atoms with van der Waals surface area (Å²) in [7, 11) is 0. The maximum atomic E-state index is 5.35. The van der Waals surface area contributed by atoms with Gasteiger partial charge in [-0.3, -0.25) is 0 Å². The van der Waals surface area contributed by atoms with Crippen LogP contribution in [0, 0.1) is 10.8 Å². The van der Waals surface area contributed by atoms with Gasteiger partial charge in [-0.05, 0) is 37.1 Å². The lowest BCUT2D eigenvalue weighted by atomic mass is 9.62. The number of rotatable bonds is 1. The molecule has 1 N–H and O–H groups in total. The molecule has 0 atom stereocenters. The van der Waals surface area contributed by atoms with Crippen LogP contribution < -0.4 is 5.32 Å². The first-order chi connectivity index (χ1) is 8.29. The fraction of sp³-hybridized carbons (Fsp3) is 0.714. The zero-order valence-electron chi connectivity index (χ0n) is 10.2. The van der Waals surface area contributed by atoms with E-state index in [4.69, 9.17) is 4.74 Å². The first kappa shape index (κ1) is 10.0. The van der Waals surface area contributed by atoms with Crippen LogP contribution in [0.2, 0.25) is 0 Å². The van der Waals surface area contributed by atoms with E-state index in [1.54, 1.807) is 0 Å². The summed E-state index contributed by atoms with van der Waals surface area (Å²) in [6, 6.07) is 0.772. The Morgan fingerprint density at radius 1 is 1.18 bits per heavy atom. The molecule has 0 aromatic heterocycles. The molecule has 17 heavy (non-hydrogen) atoms. The lowest BCUT2D eigenvalue weighted by Crippen LogP contribution is -2.53. The third-order valence-corrected chi connectivity index (χ3v) is 4.97. The van der Waals surface area contributed by atoms with Gasteiger partial charge in [-0.2, -0.15) is 0 Å². The van der Waals surface area contributed by atoms with Crippen LogP contribution in [0.3, 0.4) is 0 Å². The molecule has 1 aliphatic carbocycles. The monoisotopic (exact) mass is 232 g/mol. The minimum Gasteiger partial charge on any atom is -0.391 e. The third-order valence-electron chi connectivity index (χ3n) is 4.97. The van der Waals surface area contributed by atoms with Gasteiger partial charge in [0, 0.05) is 19.1 Å². The van der Waals surface area contributed by atoms with E-state index in [9.17, 15) is 0 Å². The smallest absolute Gasteiger partial charge is 0.0597 e. The highest BCUT2D eigenvalue weighted by atomic mass is 16.5. The van der Waals surface area contributed by atoms with Gasteiger partial charge in [0.05, 0.1) is 18.6 Å². The van der Waals surface area contributed by atoms with Gasteiger partial charge >= 0.3 is 0 Å². The Bertz CT molecular complexity index is 378. The first-order valence-corrected chi connectivity index (χ1v) is 6.73. The van der Waals surface area contributed by atoms with E-state index in [1.807, 2.05) is 0 Å². The van der Waals surface area contributed by atoms with Crippen molar-refractivity contribution in [2.45, 2.75) is 25.3 Å². The van der Waals surface area contributed by atoms with Crippen molar-refractivity contribution in [2.24, 2.45) is 10.8 Å². The minimum absolute atomic E-state index is 0.382. The number of hydrogen-bond donors (Lipinski definition) is 1. The largest absolute Gasteiger partial charge is 0.391 e. The lowest BCUT2D eigenvalue weighted by Gasteiger charge is -2.52. The Hall–Kier alpha value is -0.960. The molecule has 0 aromatic rings. The van der Waals surface area contributed by atoms with E-state index >= 15 is 0 Å². The molecule has 3 nitrogen and oxygen atoms in total. The van der Waals surface area contributed by atoms with Crippen molar-refractivity contribution in [3.8, 4) is 0 Å². The van der Waals surface area contributed by atoms with E-state index in [2.05, 4.69) is 34.8 Å². The van der Waals surface area contributed by atoms with E-state index in [0.717, 1.165) is 25.8 Å². The van der Waals surface area contributed by atoms with Crippen molar-refractivity contribution in [3.05, 3.63) is 24.6 Å². The Labute approximate surface area is 103 Å². The molecule has 1 saturated carbocycles. The average Bonchev–Trinajstić information content (AvgIpc) is 2.71. The van der Waals surface area contributed by atoms with Crippen molar-refractivity contribution in [1.29, 1.82) is 0 Å². The Morgan fingerprint density at radius 2 is 2.06 bits per heavy atom. The third kappa shape index (κ3) is 1.45. The van der Waals surface area contributed by atoms with Gasteiger partial charge in [0.2, 0.25) is 0 Å². The van der Waals surface area contributed by atoms with Gasteiger partial charge in [0.15, 0.2) is 0 Å². The van der Waals surface area contributed by atoms with E-state index in [-0.39, 0.29) is 0 Å². The molecule has 1 saturated heterocycles. The van der Waals surface area contributed by atoms with Gasteiger partial charge in [-0.15, -0.1) is 0 Å². The maximum Gasteiger partial charge on any atom is 0.0597 e. The van der Waals surface area contributed by atoms with Crippen LogP contribution in [0.4, 0.5) is 0 Å². The van der Waals surface area contributed by atoms with E-state index < -0.39 is 0 Å². The van der Waals surface area contributed by atoms with Crippen molar-refractivity contribution in [3.63, 3.8) is 0 Å². The van der Waals surface area contributed by atoms with Crippen LogP contribution in [0.5, 0.6) is 0 Å². The Kier molecular flexibility index (Phi) is 1.93. The quantitative estimate of drug-likeness (QED) is 0.741. The topological polar surface area (TPSA) is 24.5 Å². The molecule has 2 spiro atoms. The summed E-state index contributed by atoms with van der Waals surface area (Å²) >= 11 is 0. The molecule has 92 valence electrons. The molecule has 0 amide bonds. The molecule has 0 unspecified atom stereocenters. The van der Waals surface area contributed by atoms with E-state index in [1.165, 1.54) is 25.8 Å². The summed E-state index contributed by atoms with van der Waals surface area (Å²) in [4.78, 5) is 2.56. The first-order valence-electron chi connectivity index (χ1n) is 6.73. The molecule has 3 heteroatoms. The van der Waals surface area contributed by atoms with Crippen LogP contribution in [-0.2, 0) is 4.74 Å². The van der Waals surface area contributed by atoms with E-state index in [0.29, 0.717) is 10.8 Å². The molecule has 3 aliphatic heterocycles. The fourth-order valence-electron chi connectivity index (χ4n) is 3.70. The van der Waals surface area contributed by atoms with Crippen molar-refractivity contribution >= 4 is 0 Å². The molecule has 3 heterocycles. The zero-order valence-corrected chi connectivity index (χ0v) is 10.2. The Morgan fingerprint density at radius 3 is 2.65 bits per heavy atom. The minimum atomic E-state index is 0.382. The van der Waals surface area contributed by atoms with Gasteiger partial charge in [-0.25, -0.2) is 0 Å². The second-order valence-electron chi connectivity index (χ2n) is 6.31. The van der Waals surface area contributed by atoms with Crippen molar-refractivity contribution in [2.75, 3.05) is 26.3 Å². The number of hydrogen-bond acceptors (Lipinski definition) is 3. The van der Waals surface area contributed by atoms with Gasteiger partial charge in [0.1, 0.15) is 0 Å². The number of allylic oxidation sites excluding steroid dienone is 1. The fourth-order valence-corrected chi connectivity index (χ4v) is 3.70. The zero-order chi connectivity index (χ0) is 11.3. The van der Waals surface area contributed by atoms with Crippen molar-refractivity contribution in [1.82, 2.24) is 10.2 Å². The SMILES string of the molecule is C1=CC2(CCN1)CC(N1C=CC3(COC3)C1)C2. The van der Waals surface area contributed by atoms with Crippen LogP contribution in [-0.4, -0.2) is 37.2 Å². The number of ether oxygens (including phenoxy) is 1. The second-order valence-corrected chi connectivity index (χ2v) is 6.31. The van der Waals surface area contributed by atoms with Crippen molar-refractivity contribution < 1.29 is 4.74 Å². The highest BCUT2D eigenvalue weighted by molar-refractivity contribution is 5.18. The van der Waals surface area contributed by atoms with Crippen LogP contribution in [0.1, 0.15) is 19.3 Å². The Balaban J connectivity index is 1.39. The van der Waals surface area contributed by atoms with Crippen LogP contribution in [0.15, 0.2) is 24.6 Å². The molecule has 4 rings (SSSR count). The normalized spacial score (nSPS) is 41.4. The average molecular weight is 232 g/mol. The van der Waals surface area contributed by atoms with Gasteiger partial charge in [-0.1, -0.05) is 12.2 Å². The summed E-state index contributed by atoms with van der Waals surface area (Å²) in [5, 5.41) is 3.30. The lowest BCUT2D eigenvalue weighted by molar-refractivity contribution is -0.0917.